The minimum absolute atomic E-state index is 0.884. The van der Waals surface area contributed by atoms with Gasteiger partial charge in [0.25, 0.3) is 0 Å². The number of hydrogen-bond donors (Lipinski definition) is 0. The van der Waals surface area contributed by atoms with E-state index in [0.717, 1.165) is 11.8 Å². The van der Waals surface area contributed by atoms with E-state index in [0.29, 0.717) is 0 Å². The lowest BCUT2D eigenvalue weighted by molar-refractivity contribution is 0.626. The fraction of sp³-hybridized carbons (Fsp3) is 1.00. The smallest absolute Gasteiger partial charge is 0.0474 e. The molecule has 0 heteroatoms. The molecule has 0 aliphatic heterocycles. The van der Waals surface area contributed by atoms with Crippen LogP contribution in [0.15, 0.2) is 0 Å². The minimum Gasteiger partial charge on any atom is -0.0656 e. The Labute approximate surface area is 127 Å². The van der Waals surface area contributed by atoms with Crippen LogP contribution in [0.25, 0.3) is 0 Å². The summed E-state index contributed by atoms with van der Waals surface area (Å²) in [6.45, 7) is 26.0. The first-order chi connectivity index (χ1) is 8.78. The lowest BCUT2D eigenvalue weighted by Gasteiger charge is -1.90. The molecule has 0 aromatic carbocycles. The van der Waals surface area contributed by atoms with Crippen LogP contribution < -0.4 is 0 Å². The molecule has 0 heterocycles. The molecule has 0 unspecified atom stereocenters. The Morgan fingerprint density at radius 2 is 0.474 bits per heavy atom. The zero-order valence-corrected chi connectivity index (χ0v) is 16.7. The molecule has 0 spiro atoms. The first-order valence-electron chi connectivity index (χ1n) is 8.78. The second-order valence-electron chi connectivity index (χ2n) is 5.73. The second-order valence-corrected chi connectivity index (χ2v) is 5.73. The highest BCUT2D eigenvalue weighted by atomic mass is 13.9. The van der Waals surface area contributed by atoms with E-state index in [-0.39, 0.29) is 0 Å². The Morgan fingerprint density at radius 3 is 0.474 bits per heavy atom. The van der Waals surface area contributed by atoms with Gasteiger partial charge in [-0.25, -0.2) is 0 Å². The van der Waals surface area contributed by atoms with Crippen LogP contribution in [-0.4, -0.2) is 0 Å². The van der Waals surface area contributed by atoms with Crippen molar-refractivity contribution in [3.8, 4) is 0 Å². The summed E-state index contributed by atoms with van der Waals surface area (Å²) >= 11 is 0. The van der Waals surface area contributed by atoms with Crippen LogP contribution in [0, 0.1) is 11.8 Å². The molecule has 19 heavy (non-hydrogen) atoms. The monoisotopic (exact) mass is 276 g/mol. The average Bonchev–Trinajstić information content (AvgIpc) is 2.32. The highest BCUT2D eigenvalue weighted by Gasteiger charge is 1.80. The fourth-order valence-electron chi connectivity index (χ4n) is 0. The van der Waals surface area contributed by atoms with Gasteiger partial charge in [-0.2, -0.15) is 0 Å². The van der Waals surface area contributed by atoms with Crippen molar-refractivity contribution >= 4 is 0 Å². The Balaban J connectivity index is -0.0000000442. The summed E-state index contributed by atoms with van der Waals surface area (Å²) in [5, 5.41) is 0. The van der Waals surface area contributed by atoms with Crippen LogP contribution in [0.2, 0.25) is 0 Å². The van der Waals surface area contributed by atoms with E-state index in [1.807, 2.05) is 0 Å². The molecule has 0 aromatic heterocycles. The Bertz CT molecular complexity index is 59.4. The van der Waals surface area contributed by atoms with E-state index in [2.05, 4.69) is 83.1 Å². The zero-order valence-electron chi connectivity index (χ0n) is 16.7. The van der Waals surface area contributed by atoms with E-state index in [1.165, 1.54) is 32.1 Å². The molecule has 0 radical (unpaired) electrons. The van der Waals surface area contributed by atoms with Gasteiger partial charge in [-0.15, -0.1) is 0 Å². The normalized spacial score (nSPS) is 7.89. The van der Waals surface area contributed by atoms with Crippen molar-refractivity contribution in [3.05, 3.63) is 0 Å². The Hall–Kier alpha value is 0. The van der Waals surface area contributed by atoms with Crippen LogP contribution in [-0.2, 0) is 0 Å². The summed E-state index contributed by atoms with van der Waals surface area (Å²) in [5.74, 6) is 1.77. The minimum atomic E-state index is 0.884. The topological polar surface area (TPSA) is 0 Å². The van der Waals surface area contributed by atoms with Crippen LogP contribution in [0.3, 0.4) is 0 Å². The van der Waals surface area contributed by atoms with Crippen LogP contribution in [0.4, 0.5) is 0 Å². The van der Waals surface area contributed by atoms with E-state index in [9.17, 15) is 0 Å². The van der Waals surface area contributed by atoms with Crippen molar-refractivity contribution in [2.75, 3.05) is 0 Å². The standard InChI is InChI=1S/2C5H12.3C3H8/c2*1-4-5(2)3;3*1-3-2/h2*5H,4H2,1-3H3;3*3H2,1-2H3. The van der Waals surface area contributed by atoms with Gasteiger partial charge in [-0.1, -0.05) is 115 Å². The van der Waals surface area contributed by atoms with Gasteiger partial charge in [-0.05, 0) is 11.8 Å². The highest BCUT2D eigenvalue weighted by molar-refractivity contribution is 4.33. The molecule has 124 valence electrons. The summed E-state index contributed by atoms with van der Waals surface area (Å²) in [6, 6.07) is 0. The summed E-state index contributed by atoms with van der Waals surface area (Å²) in [6.07, 6.45) is 6.36. The van der Waals surface area contributed by atoms with Crippen molar-refractivity contribution in [1.29, 1.82) is 0 Å². The second kappa shape index (κ2) is 43.0. The predicted octanol–water partition coefficient (Wildman–Crippen LogP) is 8.35. The van der Waals surface area contributed by atoms with Crippen molar-refractivity contribution in [2.45, 2.75) is 115 Å². The van der Waals surface area contributed by atoms with E-state index in [4.69, 9.17) is 0 Å². The Kier molecular flexibility index (Phi) is 71.1. The molecule has 0 bridgehead atoms. The molecule has 0 atom stereocenters. The highest BCUT2D eigenvalue weighted by Crippen LogP contribution is 1.94. The van der Waals surface area contributed by atoms with E-state index < -0.39 is 0 Å². The summed E-state index contributed by atoms with van der Waals surface area (Å²) in [4.78, 5) is 0. The number of hydrogen-bond acceptors (Lipinski definition) is 0. The van der Waals surface area contributed by atoms with Gasteiger partial charge in [0.15, 0.2) is 0 Å². The maximum absolute atomic E-state index is 2.22. The Morgan fingerprint density at radius 1 is 0.421 bits per heavy atom. The average molecular weight is 277 g/mol. The molecule has 0 rings (SSSR count). The molecule has 0 aliphatic carbocycles. The van der Waals surface area contributed by atoms with Crippen molar-refractivity contribution in [3.63, 3.8) is 0 Å². The van der Waals surface area contributed by atoms with Gasteiger partial charge in [0.1, 0.15) is 0 Å². The quantitative estimate of drug-likeness (QED) is 0.475. The van der Waals surface area contributed by atoms with Gasteiger partial charge in [-0.3, -0.25) is 0 Å². The predicted molar refractivity (Wildman–Crippen MR) is 98.2 cm³/mol. The molecule has 0 fully saturated rings. The SMILES string of the molecule is CCC.CCC.CCC.CCC(C)C.CCC(C)C. The third kappa shape index (κ3) is 288. The first kappa shape index (κ1) is 31.4. The molecular formula is C19H48. The molecule has 0 N–H and O–H groups in total. The van der Waals surface area contributed by atoms with Crippen LogP contribution in [0.1, 0.15) is 115 Å². The van der Waals surface area contributed by atoms with E-state index >= 15 is 0 Å². The third-order valence-corrected chi connectivity index (χ3v) is 1.63. The molecule has 0 amide bonds. The summed E-state index contributed by atoms with van der Waals surface area (Å²) < 4.78 is 0. The lowest BCUT2D eigenvalue weighted by Crippen LogP contribution is -1.77. The fourth-order valence-corrected chi connectivity index (χ4v) is 0. The van der Waals surface area contributed by atoms with Gasteiger partial charge in [0.2, 0.25) is 0 Å². The molecule has 0 nitrogen and oxygen atoms in total. The van der Waals surface area contributed by atoms with Gasteiger partial charge >= 0.3 is 0 Å². The molecule has 0 saturated carbocycles. The maximum Gasteiger partial charge on any atom is -0.0474 e. The maximum atomic E-state index is 2.22. The van der Waals surface area contributed by atoms with E-state index in [1.54, 1.807) is 0 Å². The van der Waals surface area contributed by atoms with Crippen molar-refractivity contribution < 1.29 is 0 Å². The molecular weight excluding hydrogens is 228 g/mol. The van der Waals surface area contributed by atoms with Gasteiger partial charge < -0.3 is 0 Å². The molecule has 0 aromatic rings. The largest absolute Gasteiger partial charge is 0.0656 e. The molecule has 0 aliphatic rings. The number of rotatable bonds is 2. The summed E-state index contributed by atoms with van der Waals surface area (Å²) in [5.41, 5.74) is 0. The lowest BCUT2D eigenvalue weighted by atomic mass is 10.2. The molecule has 0 saturated heterocycles. The third-order valence-electron chi connectivity index (χ3n) is 1.63. The van der Waals surface area contributed by atoms with Crippen molar-refractivity contribution in [2.24, 2.45) is 11.8 Å². The van der Waals surface area contributed by atoms with Crippen molar-refractivity contribution in [1.82, 2.24) is 0 Å². The van der Waals surface area contributed by atoms with Crippen LogP contribution >= 0.6 is 0 Å². The van der Waals surface area contributed by atoms with Gasteiger partial charge in [0.05, 0.1) is 0 Å². The zero-order chi connectivity index (χ0) is 16.7. The first-order valence-corrected chi connectivity index (χ1v) is 8.78. The van der Waals surface area contributed by atoms with Gasteiger partial charge in [0, 0.05) is 0 Å². The summed E-state index contributed by atoms with van der Waals surface area (Å²) in [7, 11) is 0. The van der Waals surface area contributed by atoms with Crippen LogP contribution in [0.5, 0.6) is 0 Å².